The summed E-state index contributed by atoms with van der Waals surface area (Å²) in [7, 11) is 2.14. The second kappa shape index (κ2) is 5.49. The van der Waals surface area contributed by atoms with Gasteiger partial charge in [0, 0.05) is 24.6 Å². The van der Waals surface area contributed by atoms with Crippen molar-refractivity contribution in [2.75, 3.05) is 26.8 Å². The predicted octanol–water partition coefficient (Wildman–Crippen LogP) is 2.10. The number of nitrogens with zero attached hydrogens (tertiary/aromatic N) is 1. The summed E-state index contributed by atoms with van der Waals surface area (Å²) >= 11 is 0. The van der Waals surface area contributed by atoms with Gasteiger partial charge < -0.3 is 14.4 Å². The number of aldehydes is 1. The molecule has 2 rings (SSSR count). The average Bonchev–Trinajstić information content (AvgIpc) is 2.82. The second-order valence-corrected chi connectivity index (χ2v) is 6.11. The van der Waals surface area contributed by atoms with Crippen molar-refractivity contribution in [2.45, 2.75) is 45.1 Å². The Hall–Kier alpha value is -0.410. The molecule has 1 saturated carbocycles. The molecular formula is C14H25NO2. The highest BCUT2D eigenvalue weighted by Crippen LogP contribution is 2.38. The third kappa shape index (κ3) is 3.08. The molecule has 17 heavy (non-hydrogen) atoms. The van der Waals surface area contributed by atoms with Crippen LogP contribution in [0.15, 0.2) is 0 Å². The number of likely N-dealkylation sites (N-methyl/N-ethyl adjacent to an activating group) is 1. The van der Waals surface area contributed by atoms with Gasteiger partial charge in [-0.15, -0.1) is 0 Å². The number of hydrogen-bond acceptors (Lipinski definition) is 3. The predicted molar refractivity (Wildman–Crippen MR) is 68.0 cm³/mol. The van der Waals surface area contributed by atoms with Crippen molar-refractivity contribution < 1.29 is 9.53 Å². The van der Waals surface area contributed by atoms with Gasteiger partial charge in [-0.1, -0.05) is 19.8 Å². The lowest BCUT2D eigenvalue weighted by atomic mass is 9.70. The van der Waals surface area contributed by atoms with E-state index < -0.39 is 0 Å². The Morgan fingerprint density at radius 3 is 2.88 bits per heavy atom. The molecule has 3 atom stereocenters. The molecule has 1 aliphatic carbocycles. The Bertz CT molecular complexity index is 263. The van der Waals surface area contributed by atoms with Gasteiger partial charge in [0.2, 0.25) is 0 Å². The lowest BCUT2D eigenvalue weighted by Crippen LogP contribution is -2.44. The zero-order chi connectivity index (χ0) is 12.3. The Kier molecular flexibility index (Phi) is 4.21. The van der Waals surface area contributed by atoms with E-state index in [2.05, 4.69) is 18.9 Å². The Labute approximate surface area is 105 Å². The maximum Gasteiger partial charge on any atom is 0.127 e. The summed E-state index contributed by atoms with van der Waals surface area (Å²) in [4.78, 5) is 13.9. The molecule has 3 nitrogen and oxygen atoms in total. The summed E-state index contributed by atoms with van der Waals surface area (Å²) in [5, 5.41) is 0. The Morgan fingerprint density at radius 1 is 1.47 bits per heavy atom. The molecule has 1 saturated heterocycles. The molecule has 0 bridgehead atoms. The minimum atomic E-state index is -0.0883. The first-order valence-electron chi connectivity index (χ1n) is 6.89. The highest BCUT2D eigenvalue weighted by Gasteiger charge is 2.37. The van der Waals surface area contributed by atoms with Gasteiger partial charge >= 0.3 is 0 Å². The van der Waals surface area contributed by atoms with E-state index in [0.717, 1.165) is 39.0 Å². The van der Waals surface area contributed by atoms with Crippen LogP contribution in [0.3, 0.4) is 0 Å². The smallest absolute Gasteiger partial charge is 0.127 e. The monoisotopic (exact) mass is 239 g/mol. The van der Waals surface area contributed by atoms with Crippen molar-refractivity contribution in [3.8, 4) is 0 Å². The summed E-state index contributed by atoms with van der Waals surface area (Å²) < 4.78 is 5.43. The van der Waals surface area contributed by atoms with Crippen LogP contribution in [0.2, 0.25) is 0 Å². The second-order valence-electron chi connectivity index (χ2n) is 6.11. The molecule has 3 heteroatoms. The van der Waals surface area contributed by atoms with E-state index in [1.54, 1.807) is 0 Å². The van der Waals surface area contributed by atoms with Crippen LogP contribution in [0.4, 0.5) is 0 Å². The number of ether oxygens (including phenoxy) is 1. The minimum absolute atomic E-state index is 0.0883. The Morgan fingerprint density at radius 2 is 2.29 bits per heavy atom. The van der Waals surface area contributed by atoms with Crippen LogP contribution in [0.5, 0.6) is 0 Å². The van der Waals surface area contributed by atoms with Gasteiger partial charge in [-0.2, -0.15) is 0 Å². The fraction of sp³-hybridized carbons (Fsp3) is 0.929. The van der Waals surface area contributed by atoms with Crippen molar-refractivity contribution in [1.29, 1.82) is 0 Å². The normalized spacial score (nSPS) is 38.5. The van der Waals surface area contributed by atoms with E-state index in [1.165, 1.54) is 19.1 Å². The average molecular weight is 239 g/mol. The van der Waals surface area contributed by atoms with E-state index in [1.807, 2.05) is 0 Å². The molecule has 2 aliphatic rings. The van der Waals surface area contributed by atoms with Crippen molar-refractivity contribution in [2.24, 2.45) is 11.3 Å². The SMILES string of the molecule is CC1CCCC(C=O)(CN(C)C2CCOC2)C1. The zero-order valence-electron chi connectivity index (χ0n) is 11.2. The van der Waals surface area contributed by atoms with Gasteiger partial charge in [0.25, 0.3) is 0 Å². The van der Waals surface area contributed by atoms with Crippen molar-refractivity contribution in [1.82, 2.24) is 4.90 Å². The highest BCUT2D eigenvalue weighted by molar-refractivity contribution is 5.60. The molecule has 1 aliphatic heterocycles. The summed E-state index contributed by atoms with van der Waals surface area (Å²) in [5.74, 6) is 0.696. The fourth-order valence-electron chi connectivity index (χ4n) is 3.48. The van der Waals surface area contributed by atoms with Crippen LogP contribution >= 0.6 is 0 Å². The number of rotatable bonds is 4. The van der Waals surface area contributed by atoms with Gasteiger partial charge in [-0.05, 0) is 32.2 Å². The molecule has 0 aromatic rings. The van der Waals surface area contributed by atoms with Crippen LogP contribution in [0, 0.1) is 11.3 Å². The maximum atomic E-state index is 11.5. The first kappa shape index (κ1) is 13.0. The molecule has 2 fully saturated rings. The summed E-state index contributed by atoms with van der Waals surface area (Å²) in [6.07, 6.45) is 6.96. The van der Waals surface area contributed by atoms with Crippen LogP contribution in [0.25, 0.3) is 0 Å². The molecule has 0 amide bonds. The molecule has 0 radical (unpaired) electrons. The third-order valence-corrected chi connectivity index (χ3v) is 4.47. The lowest BCUT2D eigenvalue weighted by molar-refractivity contribution is -0.120. The molecule has 1 heterocycles. The van der Waals surface area contributed by atoms with Gasteiger partial charge in [0.1, 0.15) is 6.29 Å². The highest BCUT2D eigenvalue weighted by atomic mass is 16.5. The topological polar surface area (TPSA) is 29.5 Å². The standard InChI is InChI=1S/C14H25NO2/c1-12-4-3-6-14(8-12,11-16)10-15(2)13-5-7-17-9-13/h11-13H,3-10H2,1-2H3. The van der Waals surface area contributed by atoms with Crippen molar-refractivity contribution in [3.05, 3.63) is 0 Å². The molecule has 0 aromatic heterocycles. The molecule has 3 unspecified atom stereocenters. The van der Waals surface area contributed by atoms with E-state index in [4.69, 9.17) is 4.74 Å². The zero-order valence-corrected chi connectivity index (χ0v) is 11.2. The van der Waals surface area contributed by atoms with Crippen LogP contribution in [-0.2, 0) is 9.53 Å². The maximum absolute atomic E-state index is 11.5. The largest absolute Gasteiger partial charge is 0.380 e. The van der Waals surface area contributed by atoms with Crippen molar-refractivity contribution in [3.63, 3.8) is 0 Å². The fourth-order valence-corrected chi connectivity index (χ4v) is 3.48. The molecule has 0 aromatic carbocycles. The van der Waals surface area contributed by atoms with Crippen LogP contribution < -0.4 is 0 Å². The minimum Gasteiger partial charge on any atom is -0.380 e. The first-order valence-corrected chi connectivity index (χ1v) is 6.89. The molecule has 0 N–H and O–H groups in total. The summed E-state index contributed by atoms with van der Waals surface area (Å²) in [5.41, 5.74) is -0.0883. The first-order chi connectivity index (χ1) is 8.15. The quantitative estimate of drug-likeness (QED) is 0.704. The van der Waals surface area contributed by atoms with E-state index in [9.17, 15) is 4.79 Å². The number of carbonyl (C=O) groups is 1. The Balaban J connectivity index is 1.95. The molecular weight excluding hydrogens is 214 g/mol. The third-order valence-electron chi connectivity index (χ3n) is 4.47. The van der Waals surface area contributed by atoms with E-state index in [0.29, 0.717) is 12.0 Å². The molecule has 0 spiro atoms. The van der Waals surface area contributed by atoms with Gasteiger partial charge in [0.15, 0.2) is 0 Å². The van der Waals surface area contributed by atoms with Crippen LogP contribution in [0.1, 0.15) is 39.0 Å². The number of carbonyl (C=O) groups excluding carboxylic acids is 1. The van der Waals surface area contributed by atoms with Gasteiger partial charge in [0.05, 0.1) is 6.61 Å². The number of hydrogen-bond donors (Lipinski definition) is 0. The van der Waals surface area contributed by atoms with Crippen LogP contribution in [-0.4, -0.2) is 44.0 Å². The molecule has 98 valence electrons. The van der Waals surface area contributed by atoms with E-state index in [-0.39, 0.29) is 5.41 Å². The lowest BCUT2D eigenvalue weighted by Gasteiger charge is -2.39. The van der Waals surface area contributed by atoms with Gasteiger partial charge in [-0.3, -0.25) is 0 Å². The van der Waals surface area contributed by atoms with E-state index >= 15 is 0 Å². The summed E-state index contributed by atoms with van der Waals surface area (Å²) in [6, 6.07) is 0.518. The van der Waals surface area contributed by atoms with Crippen molar-refractivity contribution >= 4 is 6.29 Å². The van der Waals surface area contributed by atoms with Gasteiger partial charge in [-0.25, -0.2) is 0 Å². The summed E-state index contributed by atoms with van der Waals surface area (Å²) in [6.45, 7) is 4.89.